The Kier molecular flexibility index (Phi) is 12.9. The molecule has 0 aromatic heterocycles. The van der Waals surface area contributed by atoms with Crippen LogP contribution in [0.3, 0.4) is 0 Å². The zero-order valence-corrected chi connectivity index (χ0v) is 21.3. The second kappa shape index (κ2) is 14.3. The summed E-state index contributed by atoms with van der Waals surface area (Å²) in [5.74, 6) is 2.31. The molecule has 1 unspecified atom stereocenters. The Balaban J connectivity index is 0.00000420. The fourth-order valence-electron chi connectivity index (χ4n) is 3.18. The van der Waals surface area contributed by atoms with Crippen LogP contribution in [0.25, 0.3) is 0 Å². The molecule has 1 N–H and O–H groups in total. The van der Waals surface area contributed by atoms with Gasteiger partial charge in [-0.3, -0.25) is 4.99 Å². The van der Waals surface area contributed by atoms with Crippen LogP contribution in [-0.4, -0.2) is 93.7 Å². The highest BCUT2D eigenvalue weighted by molar-refractivity contribution is 14.0. The van der Waals surface area contributed by atoms with Gasteiger partial charge in [0.05, 0.1) is 6.54 Å². The van der Waals surface area contributed by atoms with E-state index >= 15 is 0 Å². The molecule has 0 aliphatic carbocycles. The number of ether oxygens (including phenoxy) is 1. The molecule has 29 heavy (non-hydrogen) atoms. The van der Waals surface area contributed by atoms with E-state index in [-0.39, 0.29) is 24.0 Å². The summed E-state index contributed by atoms with van der Waals surface area (Å²) in [6.45, 7) is 13.2. The van der Waals surface area contributed by atoms with E-state index in [1.54, 1.807) is 0 Å². The summed E-state index contributed by atoms with van der Waals surface area (Å²) in [5.41, 5.74) is 0. The average molecular weight is 538 g/mol. The normalized spacial score (nSPS) is 16.8. The molecule has 8 heteroatoms. The summed E-state index contributed by atoms with van der Waals surface area (Å²) in [7, 11) is 4.25. The highest BCUT2D eigenvalue weighted by Gasteiger charge is 2.16. The molecular weight excluding hydrogens is 501 g/mol. The van der Waals surface area contributed by atoms with Crippen LogP contribution in [-0.2, 0) is 0 Å². The Morgan fingerprint density at radius 3 is 2.52 bits per heavy atom. The van der Waals surface area contributed by atoms with Gasteiger partial charge in [0, 0.05) is 57.9 Å². The van der Waals surface area contributed by atoms with Gasteiger partial charge in [0.2, 0.25) is 0 Å². The van der Waals surface area contributed by atoms with Crippen molar-refractivity contribution >= 4 is 41.5 Å². The fourth-order valence-corrected chi connectivity index (χ4v) is 3.30. The first-order valence-electron chi connectivity index (χ1n) is 10.3. The van der Waals surface area contributed by atoms with E-state index in [1.807, 2.05) is 24.3 Å². The molecule has 1 saturated heterocycles. The maximum absolute atomic E-state index is 5.91. The van der Waals surface area contributed by atoms with Crippen molar-refractivity contribution in [2.24, 2.45) is 10.9 Å². The van der Waals surface area contributed by atoms with Crippen molar-refractivity contribution in [2.75, 3.05) is 73.1 Å². The van der Waals surface area contributed by atoms with E-state index in [0.29, 0.717) is 12.5 Å². The van der Waals surface area contributed by atoms with Crippen molar-refractivity contribution in [3.8, 4) is 5.75 Å². The largest absolute Gasteiger partial charge is 0.492 e. The second-order valence-corrected chi connectivity index (χ2v) is 8.06. The molecule has 0 bridgehead atoms. The van der Waals surface area contributed by atoms with Crippen LogP contribution in [0.2, 0.25) is 5.02 Å². The van der Waals surface area contributed by atoms with Crippen LogP contribution in [0.4, 0.5) is 0 Å². The molecule has 166 valence electrons. The number of nitrogens with zero attached hydrogens (tertiary/aromatic N) is 4. The van der Waals surface area contributed by atoms with Gasteiger partial charge in [-0.2, -0.15) is 0 Å². The summed E-state index contributed by atoms with van der Waals surface area (Å²) in [6.07, 6.45) is 0. The SMILES string of the molecule is CCNC(=NCC(C)CN1CCN(C)CC1)N(C)CCOc1ccc(Cl)cc1.I. The molecule has 1 atom stereocenters. The van der Waals surface area contributed by atoms with Crippen LogP contribution in [0, 0.1) is 5.92 Å². The molecule has 1 aromatic carbocycles. The predicted molar refractivity (Wildman–Crippen MR) is 134 cm³/mol. The molecule has 0 amide bonds. The molecule has 1 heterocycles. The Morgan fingerprint density at radius 2 is 1.90 bits per heavy atom. The monoisotopic (exact) mass is 537 g/mol. The molecule has 1 fully saturated rings. The molecule has 0 radical (unpaired) electrons. The third kappa shape index (κ3) is 10.2. The molecular formula is C21H37ClIN5O. The minimum atomic E-state index is 0. The van der Waals surface area contributed by atoms with Crippen LogP contribution in [0.15, 0.2) is 29.3 Å². The lowest BCUT2D eigenvalue weighted by Crippen LogP contribution is -2.46. The van der Waals surface area contributed by atoms with Crippen LogP contribution < -0.4 is 10.1 Å². The van der Waals surface area contributed by atoms with Gasteiger partial charge in [-0.25, -0.2) is 0 Å². The first kappa shape index (κ1) is 26.3. The summed E-state index contributed by atoms with van der Waals surface area (Å²) >= 11 is 5.91. The third-order valence-corrected chi connectivity index (χ3v) is 5.18. The minimum absolute atomic E-state index is 0. The number of benzene rings is 1. The number of piperazine rings is 1. The highest BCUT2D eigenvalue weighted by atomic mass is 127. The van der Waals surface area contributed by atoms with Crippen molar-refractivity contribution < 1.29 is 4.74 Å². The number of halogens is 2. The van der Waals surface area contributed by atoms with Crippen molar-refractivity contribution in [1.29, 1.82) is 0 Å². The smallest absolute Gasteiger partial charge is 0.193 e. The quantitative estimate of drug-likeness (QED) is 0.298. The first-order chi connectivity index (χ1) is 13.5. The topological polar surface area (TPSA) is 43.3 Å². The number of hydrogen-bond donors (Lipinski definition) is 1. The van der Waals surface area contributed by atoms with E-state index in [4.69, 9.17) is 21.3 Å². The zero-order valence-electron chi connectivity index (χ0n) is 18.2. The third-order valence-electron chi connectivity index (χ3n) is 4.92. The van der Waals surface area contributed by atoms with Gasteiger partial charge < -0.3 is 24.8 Å². The lowest BCUT2D eigenvalue weighted by molar-refractivity contribution is 0.140. The summed E-state index contributed by atoms with van der Waals surface area (Å²) in [4.78, 5) is 11.9. The van der Waals surface area contributed by atoms with Gasteiger partial charge in [0.15, 0.2) is 5.96 Å². The Labute approximate surface area is 198 Å². The van der Waals surface area contributed by atoms with E-state index in [9.17, 15) is 0 Å². The van der Waals surface area contributed by atoms with Gasteiger partial charge >= 0.3 is 0 Å². The van der Waals surface area contributed by atoms with Crippen molar-refractivity contribution in [3.05, 3.63) is 29.3 Å². The number of rotatable bonds is 9. The lowest BCUT2D eigenvalue weighted by Gasteiger charge is -2.33. The lowest BCUT2D eigenvalue weighted by atomic mass is 10.1. The number of hydrogen-bond acceptors (Lipinski definition) is 4. The highest BCUT2D eigenvalue weighted by Crippen LogP contribution is 2.15. The molecule has 2 rings (SSSR count). The second-order valence-electron chi connectivity index (χ2n) is 7.63. The summed E-state index contributed by atoms with van der Waals surface area (Å²) < 4.78 is 5.80. The fraction of sp³-hybridized carbons (Fsp3) is 0.667. The molecule has 1 aromatic rings. The number of guanidine groups is 1. The molecule has 0 spiro atoms. The molecule has 1 aliphatic rings. The Morgan fingerprint density at radius 1 is 1.24 bits per heavy atom. The van der Waals surface area contributed by atoms with E-state index in [2.05, 4.69) is 48.0 Å². The Bertz CT molecular complexity index is 593. The number of aliphatic imine (C=N–C) groups is 1. The maximum Gasteiger partial charge on any atom is 0.193 e. The van der Waals surface area contributed by atoms with Gasteiger partial charge in [-0.05, 0) is 44.2 Å². The maximum atomic E-state index is 5.91. The van der Waals surface area contributed by atoms with Crippen LogP contribution in [0.5, 0.6) is 5.75 Å². The standard InChI is InChI=1S/C21H36ClN5O.HI/c1-5-23-21(24-16-18(2)17-27-12-10-25(3)11-13-27)26(4)14-15-28-20-8-6-19(22)7-9-20;/h6-9,18H,5,10-17H2,1-4H3,(H,23,24);1H. The van der Waals surface area contributed by atoms with E-state index in [0.717, 1.165) is 69.1 Å². The molecule has 0 saturated carbocycles. The van der Waals surface area contributed by atoms with Crippen LogP contribution in [0.1, 0.15) is 13.8 Å². The van der Waals surface area contributed by atoms with Crippen molar-refractivity contribution in [2.45, 2.75) is 13.8 Å². The van der Waals surface area contributed by atoms with E-state index in [1.165, 1.54) is 0 Å². The average Bonchev–Trinajstić information content (AvgIpc) is 2.68. The van der Waals surface area contributed by atoms with Gasteiger partial charge in [-0.15, -0.1) is 24.0 Å². The zero-order chi connectivity index (χ0) is 20.4. The van der Waals surface area contributed by atoms with Crippen molar-refractivity contribution in [3.63, 3.8) is 0 Å². The Hall–Kier alpha value is -0.770. The van der Waals surface area contributed by atoms with Crippen LogP contribution >= 0.6 is 35.6 Å². The summed E-state index contributed by atoms with van der Waals surface area (Å²) in [5, 5.41) is 4.11. The molecule has 6 nitrogen and oxygen atoms in total. The van der Waals surface area contributed by atoms with Gasteiger partial charge in [0.1, 0.15) is 12.4 Å². The number of nitrogens with one attached hydrogen (secondary N) is 1. The molecule has 1 aliphatic heterocycles. The van der Waals surface area contributed by atoms with Gasteiger partial charge in [-0.1, -0.05) is 18.5 Å². The number of likely N-dealkylation sites (N-methyl/N-ethyl adjacent to an activating group) is 2. The van der Waals surface area contributed by atoms with Gasteiger partial charge in [0.25, 0.3) is 0 Å². The van der Waals surface area contributed by atoms with E-state index < -0.39 is 0 Å². The summed E-state index contributed by atoms with van der Waals surface area (Å²) in [6, 6.07) is 7.46. The minimum Gasteiger partial charge on any atom is -0.492 e. The first-order valence-corrected chi connectivity index (χ1v) is 10.6. The predicted octanol–water partition coefficient (Wildman–Crippen LogP) is 3.12. The van der Waals surface area contributed by atoms with Crippen molar-refractivity contribution in [1.82, 2.24) is 20.0 Å².